The van der Waals surface area contributed by atoms with E-state index in [1.54, 1.807) is 7.11 Å². The van der Waals surface area contributed by atoms with Crippen LogP contribution in [0.1, 0.15) is 54.0 Å². The standard InChI is InChI=1S/C32H37NO6S/c1-36-28-11-8-10-26(23-28)30-18-15-24-9-4-5-12-29(24)31(30)32(38-39-40(2,34)35)25-13-16-27(17-14-25)37-22-21-33-19-6-3-7-20-33/h4-5,8-14,16-17,23,32H,3,6-7,15,18-22H2,1-2H3. The number of hydrogen-bond acceptors (Lipinski definition) is 7. The average molecular weight is 564 g/mol. The van der Waals surface area contributed by atoms with E-state index >= 15 is 0 Å². The number of hydrogen-bond donors (Lipinski definition) is 0. The minimum Gasteiger partial charge on any atom is -0.497 e. The first-order chi connectivity index (χ1) is 19.4. The maximum atomic E-state index is 12.0. The zero-order valence-electron chi connectivity index (χ0n) is 23.2. The number of benzene rings is 3. The van der Waals surface area contributed by atoms with E-state index in [1.807, 2.05) is 60.7 Å². The van der Waals surface area contributed by atoms with Crippen molar-refractivity contribution in [2.45, 2.75) is 38.2 Å². The van der Waals surface area contributed by atoms with Gasteiger partial charge in [0, 0.05) is 6.54 Å². The Kier molecular flexibility index (Phi) is 9.22. The summed E-state index contributed by atoms with van der Waals surface area (Å²) in [6, 6.07) is 23.7. The van der Waals surface area contributed by atoms with E-state index in [0.717, 1.165) is 78.1 Å². The lowest BCUT2D eigenvalue weighted by molar-refractivity contribution is -0.225. The number of ether oxygens (including phenoxy) is 2. The molecule has 0 saturated carbocycles. The molecule has 8 heteroatoms. The highest BCUT2D eigenvalue weighted by atomic mass is 32.2. The van der Waals surface area contributed by atoms with Gasteiger partial charge in [0.05, 0.1) is 13.4 Å². The van der Waals surface area contributed by atoms with Crippen LogP contribution in [0.25, 0.3) is 11.1 Å². The average Bonchev–Trinajstić information content (AvgIpc) is 2.98. The molecule has 3 aromatic carbocycles. The summed E-state index contributed by atoms with van der Waals surface area (Å²) in [5.41, 5.74) is 5.87. The Labute approximate surface area is 237 Å². The highest BCUT2D eigenvalue weighted by Gasteiger charge is 2.30. The van der Waals surface area contributed by atoms with Crippen molar-refractivity contribution in [2.24, 2.45) is 0 Å². The highest BCUT2D eigenvalue weighted by molar-refractivity contribution is 7.85. The van der Waals surface area contributed by atoms with Crippen LogP contribution in [-0.2, 0) is 25.8 Å². The van der Waals surface area contributed by atoms with Gasteiger partial charge in [-0.1, -0.05) is 55.0 Å². The molecular formula is C32H37NO6S. The molecule has 0 bridgehead atoms. The van der Waals surface area contributed by atoms with Crippen molar-refractivity contribution in [3.05, 3.63) is 95.1 Å². The van der Waals surface area contributed by atoms with E-state index in [0.29, 0.717) is 6.61 Å². The van der Waals surface area contributed by atoms with Crippen LogP contribution >= 0.6 is 0 Å². The third kappa shape index (κ3) is 7.12. The summed E-state index contributed by atoms with van der Waals surface area (Å²) >= 11 is 0. The molecule has 0 amide bonds. The molecule has 3 aromatic rings. The molecule has 1 saturated heterocycles. The number of fused-ring (bicyclic) bond motifs is 1. The smallest absolute Gasteiger partial charge is 0.290 e. The SMILES string of the molecule is COc1cccc(C2=C(C(OOS(C)(=O)=O)c3ccc(OCCN4CCCCC4)cc3)c3ccccc3CC2)c1. The van der Waals surface area contributed by atoms with Gasteiger partial charge in [0.25, 0.3) is 10.1 Å². The van der Waals surface area contributed by atoms with Gasteiger partial charge in [-0.3, -0.25) is 4.90 Å². The number of nitrogens with zero attached hydrogens (tertiary/aromatic N) is 1. The van der Waals surface area contributed by atoms with E-state index < -0.39 is 16.2 Å². The van der Waals surface area contributed by atoms with E-state index in [-0.39, 0.29) is 0 Å². The topological polar surface area (TPSA) is 74.3 Å². The van der Waals surface area contributed by atoms with Crippen molar-refractivity contribution >= 4 is 21.3 Å². The number of likely N-dealkylation sites (tertiary alicyclic amines) is 1. The molecule has 1 atom stereocenters. The van der Waals surface area contributed by atoms with Gasteiger partial charge >= 0.3 is 0 Å². The first-order valence-corrected chi connectivity index (χ1v) is 15.7. The minimum atomic E-state index is -3.86. The van der Waals surface area contributed by atoms with Crippen LogP contribution in [0.3, 0.4) is 0 Å². The molecule has 2 aliphatic rings. The lowest BCUT2D eigenvalue weighted by Crippen LogP contribution is -2.33. The maximum absolute atomic E-state index is 12.0. The van der Waals surface area contributed by atoms with Gasteiger partial charge < -0.3 is 9.47 Å². The molecule has 0 N–H and O–H groups in total. The van der Waals surface area contributed by atoms with Crippen LogP contribution in [0.4, 0.5) is 0 Å². The number of rotatable bonds is 11. The lowest BCUT2D eigenvalue weighted by Gasteiger charge is -2.29. The molecule has 40 heavy (non-hydrogen) atoms. The monoisotopic (exact) mass is 563 g/mol. The summed E-state index contributed by atoms with van der Waals surface area (Å²) in [6.07, 6.45) is 5.62. The first kappa shape index (κ1) is 28.4. The Hall–Kier alpha value is -3.17. The van der Waals surface area contributed by atoms with Crippen LogP contribution in [0.15, 0.2) is 72.8 Å². The summed E-state index contributed by atoms with van der Waals surface area (Å²) in [4.78, 5) is 8.21. The van der Waals surface area contributed by atoms with Crippen LogP contribution in [0.5, 0.6) is 11.5 Å². The van der Waals surface area contributed by atoms with E-state index in [9.17, 15) is 8.42 Å². The number of allylic oxidation sites excluding steroid dienone is 1. The normalized spacial score (nSPS) is 16.9. The second-order valence-corrected chi connectivity index (χ2v) is 11.9. The Balaban J connectivity index is 1.49. The Morgan fingerprint density at radius 3 is 2.40 bits per heavy atom. The van der Waals surface area contributed by atoms with Crippen molar-refractivity contribution in [3.63, 3.8) is 0 Å². The number of methoxy groups -OCH3 is 1. The zero-order chi connectivity index (χ0) is 28.0. The van der Waals surface area contributed by atoms with E-state index in [2.05, 4.69) is 17.0 Å². The van der Waals surface area contributed by atoms with Gasteiger partial charge in [-0.2, -0.15) is 8.42 Å². The summed E-state index contributed by atoms with van der Waals surface area (Å²) < 4.78 is 40.6. The van der Waals surface area contributed by atoms with Gasteiger partial charge in [0.1, 0.15) is 24.2 Å². The molecule has 1 aliphatic heterocycles. The second-order valence-electron chi connectivity index (χ2n) is 10.3. The van der Waals surface area contributed by atoms with Crippen molar-refractivity contribution in [2.75, 3.05) is 39.6 Å². The maximum Gasteiger partial charge on any atom is 0.290 e. The lowest BCUT2D eigenvalue weighted by atomic mass is 9.79. The quantitative estimate of drug-likeness (QED) is 0.207. The molecular weight excluding hydrogens is 526 g/mol. The molecule has 0 spiro atoms. The van der Waals surface area contributed by atoms with Crippen LogP contribution in [0, 0.1) is 0 Å². The van der Waals surface area contributed by atoms with E-state index in [4.69, 9.17) is 18.7 Å². The van der Waals surface area contributed by atoms with E-state index in [1.165, 1.54) is 24.8 Å². The molecule has 0 aromatic heterocycles. The van der Waals surface area contributed by atoms with Gasteiger partial charge in [0.15, 0.2) is 0 Å². The molecule has 1 unspecified atom stereocenters. The summed E-state index contributed by atoms with van der Waals surface area (Å²) in [5.74, 6) is 1.51. The third-order valence-corrected chi connectivity index (χ3v) is 7.85. The minimum absolute atomic E-state index is 0.620. The molecule has 212 valence electrons. The highest BCUT2D eigenvalue weighted by Crippen LogP contribution is 2.46. The Morgan fingerprint density at radius 1 is 0.875 bits per heavy atom. The van der Waals surface area contributed by atoms with Gasteiger partial charge in [0.2, 0.25) is 0 Å². The molecule has 7 nitrogen and oxygen atoms in total. The zero-order valence-corrected chi connectivity index (χ0v) is 24.0. The molecule has 1 fully saturated rings. The second kappa shape index (κ2) is 13.0. The fraction of sp³-hybridized carbons (Fsp3) is 0.375. The number of aryl methyl sites for hydroxylation is 1. The summed E-state index contributed by atoms with van der Waals surface area (Å²) in [6.45, 7) is 3.79. The molecule has 1 aliphatic carbocycles. The molecule has 0 radical (unpaired) electrons. The predicted octanol–water partition coefficient (Wildman–Crippen LogP) is 6.07. The van der Waals surface area contributed by atoms with Crippen molar-refractivity contribution in [3.8, 4) is 11.5 Å². The third-order valence-electron chi connectivity index (χ3n) is 7.52. The van der Waals surface area contributed by atoms with Gasteiger partial charge in [-0.25, -0.2) is 4.89 Å². The summed E-state index contributed by atoms with van der Waals surface area (Å²) in [5, 5.41) is 0. The fourth-order valence-electron chi connectivity index (χ4n) is 5.56. The Morgan fingerprint density at radius 2 is 1.65 bits per heavy atom. The predicted molar refractivity (Wildman–Crippen MR) is 157 cm³/mol. The van der Waals surface area contributed by atoms with Crippen LogP contribution in [0.2, 0.25) is 0 Å². The van der Waals surface area contributed by atoms with Crippen LogP contribution < -0.4 is 9.47 Å². The van der Waals surface area contributed by atoms with Gasteiger partial charge in [-0.05, 0) is 96.4 Å². The van der Waals surface area contributed by atoms with Crippen molar-refractivity contribution in [1.29, 1.82) is 0 Å². The number of piperidine rings is 1. The largest absolute Gasteiger partial charge is 0.497 e. The molecule has 5 rings (SSSR count). The fourth-order valence-corrected chi connectivity index (χ4v) is 5.78. The summed E-state index contributed by atoms with van der Waals surface area (Å²) in [7, 11) is -2.22. The first-order valence-electron chi connectivity index (χ1n) is 13.9. The molecule has 1 heterocycles. The van der Waals surface area contributed by atoms with Crippen LogP contribution in [-0.4, -0.2) is 52.9 Å². The Bertz CT molecular complexity index is 1430. The van der Waals surface area contributed by atoms with Crippen molar-refractivity contribution < 1.29 is 27.1 Å². The van der Waals surface area contributed by atoms with Crippen molar-refractivity contribution in [1.82, 2.24) is 4.90 Å². The van der Waals surface area contributed by atoms with Gasteiger partial charge in [-0.15, -0.1) is 4.33 Å².